The number of rotatable bonds is 2. The summed E-state index contributed by atoms with van der Waals surface area (Å²) in [5.41, 5.74) is 6.14. The van der Waals surface area contributed by atoms with Crippen LogP contribution >= 0.6 is 15.9 Å². The summed E-state index contributed by atoms with van der Waals surface area (Å²) in [7, 11) is -3.34. The van der Waals surface area contributed by atoms with Gasteiger partial charge in [-0.05, 0) is 47.0 Å². The molecule has 1 aromatic rings. The largest absolute Gasteiger partial charge is 0.399 e. The third-order valence-corrected chi connectivity index (χ3v) is 5.96. The molecule has 0 bridgehead atoms. The van der Waals surface area contributed by atoms with Crippen molar-refractivity contribution in [2.75, 3.05) is 18.9 Å². The van der Waals surface area contributed by atoms with Crippen molar-refractivity contribution in [3.05, 3.63) is 22.7 Å². The van der Waals surface area contributed by atoms with Crippen LogP contribution in [-0.4, -0.2) is 26.9 Å². The monoisotopic (exact) mass is 319 g/mol. The Morgan fingerprint density at radius 1 is 1.41 bits per heavy atom. The zero-order valence-corrected chi connectivity index (χ0v) is 11.6. The van der Waals surface area contributed by atoms with Gasteiger partial charge >= 0.3 is 0 Å². The van der Waals surface area contributed by atoms with Crippen molar-refractivity contribution >= 4 is 31.5 Å². The Morgan fingerprint density at radius 3 is 2.76 bits per heavy atom. The fourth-order valence-corrected chi connectivity index (χ4v) is 4.66. The van der Waals surface area contributed by atoms with Gasteiger partial charge in [-0.15, -0.1) is 0 Å². The van der Waals surface area contributed by atoms with E-state index in [1.807, 2.05) is 0 Å². The first-order valence-electron chi connectivity index (χ1n) is 5.38. The van der Waals surface area contributed by atoms with Crippen molar-refractivity contribution in [3.63, 3.8) is 0 Å². The fraction of sp³-hybridized carbons (Fsp3) is 0.455. The summed E-state index contributed by atoms with van der Waals surface area (Å²) in [6.45, 7) is 0.925. The number of benzene rings is 1. The van der Waals surface area contributed by atoms with Gasteiger partial charge in [0.15, 0.2) is 9.84 Å². The van der Waals surface area contributed by atoms with Crippen LogP contribution < -0.4 is 5.73 Å². The van der Waals surface area contributed by atoms with Crippen LogP contribution in [-0.2, 0) is 14.6 Å². The van der Waals surface area contributed by atoms with Crippen molar-refractivity contribution in [1.82, 2.24) is 0 Å². The normalized spacial score (nSPS) is 21.4. The van der Waals surface area contributed by atoms with Crippen LogP contribution in [0, 0.1) is 0 Å². The second kappa shape index (κ2) is 4.96. The van der Waals surface area contributed by atoms with E-state index < -0.39 is 15.1 Å². The third-order valence-electron chi connectivity index (χ3n) is 2.82. The molecular weight excluding hydrogens is 306 g/mol. The van der Waals surface area contributed by atoms with Crippen LogP contribution in [0.25, 0.3) is 0 Å². The molecule has 0 radical (unpaired) electrons. The fourth-order valence-electron chi connectivity index (χ4n) is 1.88. The first-order chi connectivity index (χ1) is 8.01. The Hall–Kier alpha value is -0.590. The summed E-state index contributed by atoms with van der Waals surface area (Å²) in [6, 6.07) is 4.75. The number of anilines is 1. The number of ether oxygens (including phenoxy) is 1. The van der Waals surface area contributed by atoms with E-state index in [2.05, 4.69) is 15.9 Å². The quantitative estimate of drug-likeness (QED) is 0.846. The summed E-state index contributed by atoms with van der Waals surface area (Å²) in [5, 5.41) is -0.448. The van der Waals surface area contributed by atoms with E-state index in [1.165, 1.54) is 0 Å². The van der Waals surface area contributed by atoms with Crippen LogP contribution in [0.4, 0.5) is 5.69 Å². The van der Waals surface area contributed by atoms with Crippen molar-refractivity contribution in [2.45, 2.75) is 23.0 Å². The maximum atomic E-state index is 12.4. The number of sulfone groups is 1. The van der Waals surface area contributed by atoms with E-state index in [1.54, 1.807) is 18.2 Å². The summed E-state index contributed by atoms with van der Waals surface area (Å²) < 4.78 is 30.5. The molecule has 0 aliphatic carbocycles. The molecule has 1 heterocycles. The highest BCUT2D eigenvalue weighted by Gasteiger charge is 2.30. The molecule has 0 spiro atoms. The summed E-state index contributed by atoms with van der Waals surface area (Å²) in [5.74, 6) is 0. The summed E-state index contributed by atoms with van der Waals surface area (Å²) in [6.07, 6.45) is 1.44. The second-order valence-electron chi connectivity index (χ2n) is 4.07. The van der Waals surface area contributed by atoms with E-state index in [0.29, 0.717) is 28.1 Å². The molecule has 4 nitrogen and oxygen atoms in total. The second-order valence-corrected chi connectivity index (χ2v) is 7.12. The van der Waals surface area contributed by atoms with Gasteiger partial charge in [-0.25, -0.2) is 8.42 Å². The predicted octanol–water partition coefficient (Wildman–Crippen LogP) is 1.98. The average molecular weight is 320 g/mol. The van der Waals surface area contributed by atoms with Crippen molar-refractivity contribution in [2.24, 2.45) is 0 Å². The highest BCUT2D eigenvalue weighted by Crippen LogP contribution is 2.29. The van der Waals surface area contributed by atoms with Gasteiger partial charge < -0.3 is 10.5 Å². The Labute approximate surface area is 109 Å². The summed E-state index contributed by atoms with van der Waals surface area (Å²) >= 11 is 3.25. The Morgan fingerprint density at radius 2 is 2.18 bits per heavy atom. The first kappa shape index (κ1) is 12.9. The lowest BCUT2D eigenvalue weighted by Gasteiger charge is -2.22. The molecule has 0 amide bonds. The minimum absolute atomic E-state index is 0.277. The zero-order valence-electron chi connectivity index (χ0n) is 9.23. The molecule has 2 rings (SSSR count). The molecule has 1 aliphatic heterocycles. The van der Waals surface area contributed by atoms with Gasteiger partial charge in [0.25, 0.3) is 0 Å². The first-order valence-corrected chi connectivity index (χ1v) is 7.72. The van der Waals surface area contributed by atoms with Gasteiger partial charge in [0.2, 0.25) is 0 Å². The van der Waals surface area contributed by atoms with Crippen molar-refractivity contribution < 1.29 is 13.2 Å². The molecule has 1 unspecified atom stereocenters. The lowest BCUT2D eigenvalue weighted by atomic mass is 10.2. The van der Waals surface area contributed by atoms with Gasteiger partial charge in [0.05, 0.1) is 16.8 Å². The minimum atomic E-state index is -3.34. The Bertz CT molecular complexity index is 509. The number of hydrogen-bond donors (Lipinski definition) is 1. The molecule has 1 aromatic carbocycles. The van der Waals surface area contributed by atoms with Gasteiger partial charge in [-0.3, -0.25) is 0 Å². The lowest BCUT2D eigenvalue weighted by Crippen LogP contribution is -2.31. The molecule has 94 valence electrons. The Kier molecular flexibility index (Phi) is 3.75. The highest BCUT2D eigenvalue weighted by molar-refractivity contribution is 9.10. The van der Waals surface area contributed by atoms with Crippen LogP contribution in [0.15, 0.2) is 27.6 Å². The lowest BCUT2D eigenvalue weighted by molar-refractivity contribution is 0.0991. The van der Waals surface area contributed by atoms with Gasteiger partial charge in [0.1, 0.15) is 0 Å². The van der Waals surface area contributed by atoms with E-state index >= 15 is 0 Å². The molecule has 1 aliphatic rings. The van der Waals surface area contributed by atoms with Gasteiger partial charge in [-0.2, -0.15) is 0 Å². The molecule has 2 N–H and O–H groups in total. The van der Waals surface area contributed by atoms with Crippen LogP contribution in [0.2, 0.25) is 0 Å². The SMILES string of the molecule is Nc1ccc(S(=O)(=O)C2CCCOC2)c(Br)c1. The smallest absolute Gasteiger partial charge is 0.184 e. The molecule has 0 saturated carbocycles. The molecule has 0 aromatic heterocycles. The zero-order chi connectivity index (χ0) is 12.5. The van der Waals surface area contributed by atoms with Gasteiger partial charge in [-0.1, -0.05) is 0 Å². The molecule has 6 heteroatoms. The van der Waals surface area contributed by atoms with E-state index in [0.717, 1.165) is 6.42 Å². The van der Waals surface area contributed by atoms with Crippen LogP contribution in [0.5, 0.6) is 0 Å². The molecule has 1 atom stereocenters. The van der Waals surface area contributed by atoms with Gasteiger partial charge in [0, 0.05) is 16.8 Å². The number of nitrogens with two attached hydrogens (primary N) is 1. The average Bonchev–Trinajstić information content (AvgIpc) is 2.29. The maximum absolute atomic E-state index is 12.4. The molecule has 1 fully saturated rings. The standard InChI is InChI=1S/C11H14BrNO3S/c12-10-6-8(13)3-4-11(10)17(14,15)9-2-1-5-16-7-9/h3-4,6,9H,1-2,5,7,13H2. The minimum Gasteiger partial charge on any atom is -0.399 e. The molecule has 1 saturated heterocycles. The topological polar surface area (TPSA) is 69.4 Å². The number of nitrogen functional groups attached to an aromatic ring is 1. The third kappa shape index (κ3) is 2.64. The Balaban J connectivity index is 2.37. The van der Waals surface area contributed by atoms with E-state index in [4.69, 9.17) is 10.5 Å². The van der Waals surface area contributed by atoms with E-state index in [9.17, 15) is 8.42 Å². The molecular formula is C11H14BrNO3S. The predicted molar refractivity (Wildman–Crippen MR) is 69.6 cm³/mol. The van der Waals surface area contributed by atoms with Crippen LogP contribution in [0.3, 0.4) is 0 Å². The summed E-state index contributed by atoms with van der Waals surface area (Å²) in [4.78, 5) is 0.294. The number of hydrogen-bond acceptors (Lipinski definition) is 4. The maximum Gasteiger partial charge on any atom is 0.184 e. The van der Waals surface area contributed by atoms with E-state index in [-0.39, 0.29) is 6.61 Å². The highest BCUT2D eigenvalue weighted by atomic mass is 79.9. The van der Waals surface area contributed by atoms with Crippen molar-refractivity contribution in [3.8, 4) is 0 Å². The molecule has 17 heavy (non-hydrogen) atoms. The number of halogens is 1. The van der Waals surface area contributed by atoms with Crippen LogP contribution in [0.1, 0.15) is 12.8 Å². The van der Waals surface area contributed by atoms with Crippen molar-refractivity contribution in [1.29, 1.82) is 0 Å².